The Balaban J connectivity index is 1.26. The van der Waals surface area contributed by atoms with Crippen molar-refractivity contribution in [3.8, 4) is 17.2 Å². The van der Waals surface area contributed by atoms with Crippen LogP contribution in [-0.4, -0.2) is 50.2 Å². The molecule has 4 aromatic rings. The molecule has 184 valence electrons. The summed E-state index contributed by atoms with van der Waals surface area (Å²) in [6.07, 6.45) is 2.34. The number of benzene rings is 3. The highest BCUT2D eigenvalue weighted by atomic mass is 16.6. The third-order valence-electron chi connectivity index (χ3n) is 5.79. The number of aromatic nitrogens is 1. The zero-order valence-corrected chi connectivity index (χ0v) is 19.7. The molecule has 1 unspecified atom stereocenters. The number of hydrogen-bond donors (Lipinski definition) is 3. The van der Waals surface area contributed by atoms with Gasteiger partial charge in [-0.3, -0.25) is 4.79 Å². The molecule has 9 nitrogen and oxygen atoms in total. The van der Waals surface area contributed by atoms with Gasteiger partial charge in [0.1, 0.15) is 19.0 Å². The number of anilines is 3. The maximum Gasteiger partial charge on any atom is 0.323 e. The number of amides is 2. The van der Waals surface area contributed by atoms with E-state index < -0.39 is 6.03 Å². The number of hydrogen-bond acceptors (Lipinski definition) is 6. The summed E-state index contributed by atoms with van der Waals surface area (Å²) in [6, 6.07) is 20.1. The smallest absolute Gasteiger partial charge is 0.323 e. The maximum absolute atomic E-state index is 12.6. The molecule has 3 aromatic carbocycles. The van der Waals surface area contributed by atoms with Crippen LogP contribution >= 0.6 is 0 Å². The van der Waals surface area contributed by atoms with Gasteiger partial charge in [0.25, 0.3) is 0 Å². The van der Waals surface area contributed by atoms with Crippen molar-refractivity contribution in [1.82, 2.24) is 4.98 Å². The average Bonchev–Trinajstić information content (AvgIpc) is 3.35. The second-order valence-corrected chi connectivity index (χ2v) is 8.40. The molecule has 0 radical (unpaired) electrons. The first-order chi connectivity index (χ1) is 17.6. The predicted molar refractivity (Wildman–Crippen MR) is 139 cm³/mol. The van der Waals surface area contributed by atoms with Crippen LogP contribution in [0.3, 0.4) is 0 Å². The van der Waals surface area contributed by atoms with Crippen molar-refractivity contribution < 1.29 is 23.8 Å². The number of rotatable bonds is 8. The quantitative estimate of drug-likeness (QED) is 0.313. The number of aldehydes is 1. The summed E-state index contributed by atoms with van der Waals surface area (Å²) in [7, 11) is 1.91. The Morgan fingerprint density at radius 3 is 2.69 bits per heavy atom. The first kappa shape index (κ1) is 23.1. The minimum absolute atomic E-state index is 0.108. The van der Waals surface area contributed by atoms with E-state index in [9.17, 15) is 9.59 Å². The second-order valence-electron chi connectivity index (χ2n) is 8.40. The maximum atomic E-state index is 12.6. The van der Waals surface area contributed by atoms with Crippen molar-refractivity contribution in [2.45, 2.75) is 6.10 Å². The lowest BCUT2D eigenvalue weighted by molar-refractivity contribution is -0.109. The monoisotopic (exact) mass is 486 g/mol. The molecule has 0 aliphatic carbocycles. The molecule has 1 atom stereocenters. The number of para-hydroxylation sites is 2. The largest absolute Gasteiger partial charge is 0.486 e. The van der Waals surface area contributed by atoms with Gasteiger partial charge in [0.2, 0.25) is 0 Å². The molecule has 1 aliphatic rings. The molecule has 9 heteroatoms. The van der Waals surface area contributed by atoms with E-state index in [0.717, 1.165) is 22.3 Å². The van der Waals surface area contributed by atoms with Gasteiger partial charge < -0.3 is 34.7 Å². The number of fused-ring (bicyclic) bond motifs is 2. The molecule has 1 aromatic heterocycles. The summed E-state index contributed by atoms with van der Waals surface area (Å²) in [5, 5.41) is 6.70. The lowest BCUT2D eigenvalue weighted by atomic mass is 10.2. The number of H-pyrrole nitrogens is 1. The summed E-state index contributed by atoms with van der Waals surface area (Å²) in [5.41, 5.74) is 2.87. The van der Waals surface area contributed by atoms with Gasteiger partial charge >= 0.3 is 6.03 Å². The number of ether oxygens (including phenoxy) is 3. The highest BCUT2D eigenvalue weighted by Crippen LogP contribution is 2.34. The van der Waals surface area contributed by atoms with Crippen LogP contribution in [0.4, 0.5) is 21.9 Å². The molecule has 2 amide bonds. The van der Waals surface area contributed by atoms with E-state index in [1.807, 2.05) is 72.7 Å². The fraction of sp³-hybridized carbons (Fsp3) is 0.185. The van der Waals surface area contributed by atoms with Gasteiger partial charge in [0.15, 0.2) is 23.9 Å². The third kappa shape index (κ3) is 5.20. The molecular weight excluding hydrogens is 460 g/mol. The Labute approximate surface area is 208 Å². The van der Waals surface area contributed by atoms with Gasteiger partial charge in [0, 0.05) is 36.2 Å². The van der Waals surface area contributed by atoms with E-state index in [1.165, 1.54) is 0 Å². The van der Waals surface area contributed by atoms with Gasteiger partial charge in [-0.25, -0.2) is 4.79 Å². The molecule has 0 bridgehead atoms. The molecule has 36 heavy (non-hydrogen) atoms. The Hall–Kier alpha value is -4.66. The van der Waals surface area contributed by atoms with E-state index in [-0.39, 0.29) is 12.7 Å². The van der Waals surface area contributed by atoms with E-state index in [4.69, 9.17) is 14.2 Å². The fourth-order valence-corrected chi connectivity index (χ4v) is 4.12. The Morgan fingerprint density at radius 2 is 1.86 bits per heavy atom. The second kappa shape index (κ2) is 10.3. The third-order valence-corrected chi connectivity index (χ3v) is 5.79. The lowest BCUT2D eigenvalue weighted by Crippen LogP contribution is -2.39. The van der Waals surface area contributed by atoms with E-state index in [1.54, 1.807) is 12.1 Å². The first-order valence-corrected chi connectivity index (χ1v) is 11.5. The number of carbonyl (C=O) groups excluding carboxylic acids is 2. The average molecular weight is 487 g/mol. The Bertz CT molecular complexity index is 1390. The Morgan fingerprint density at radius 1 is 1.08 bits per heavy atom. The molecule has 0 spiro atoms. The molecule has 2 heterocycles. The zero-order valence-electron chi connectivity index (χ0n) is 19.7. The van der Waals surface area contributed by atoms with Gasteiger partial charge in [-0.15, -0.1) is 0 Å². The summed E-state index contributed by atoms with van der Waals surface area (Å²) in [6.45, 7) is 0.837. The molecule has 5 rings (SSSR count). The van der Waals surface area contributed by atoms with Gasteiger partial charge in [-0.2, -0.15) is 0 Å². The fourth-order valence-electron chi connectivity index (χ4n) is 4.12. The van der Waals surface area contributed by atoms with E-state index >= 15 is 0 Å². The van der Waals surface area contributed by atoms with Crippen molar-refractivity contribution in [2.24, 2.45) is 0 Å². The van der Waals surface area contributed by atoms with Crippen LogP contribution in [0.5, 0.6) is 17.2 Å². The van der Waals surface area contributed by atoms with Gasteiger partial charge in [-0.05, 0) is 47.9 Å². The van der Waals surface area contributed by atoms with Crippen molar-refractivity contribution in [1.29, 1.82) is 0 Å². The molecule has 0 fully saturated rings. The number of aromatic amines is 1. The number of likely N-dealkylation sites (N-methyl/N-ethyl adjacent to an activating group) is 1. The molecule has 0 saturated heterocycles. The summed E-state index contributed by atoms with van der Waals surface area (Å²) >= 11 is 0. The summed E-state index contributed by atoms with van der Waals surface area (Å²) in [5.74, 6) is 1.90. The molecule has 1 aliphatic heterocycles. The summed E-state index contributed by atoms with van der Waals surface area (Å²) in [4.78, 5) is 28.7. The first-order valence-electron chi connectivity index (χ1n) is 11.5. The SMILES string of the molecule is CN(CC1COc2ccccc2O1)c1ccc(NC(=O)Nc2ccc3cc[nH]c3c2)cc1OCC=O. The van der Waals surface area contributed by atoms with Crippen molar-refractivity contribution in [2.75, 3.05) is 42.3 Å². The minimum Gasteiger partial charge on any atom is -0.486 e. The van der Waals surface area contributed by atoms with Gasteiger partial charge in [0.05, 0.1) is 12.2 Å². The highest BCUT2D eigenvalue weighted by Gasteiger charge is 2.23. The van der Waals surface area contributed by atoms with Crippen molar-refractivity contribution >= 4 is 40.3 Å². The number of urea groups is 1. The predicted octanol–water partition coefficient (Wildman–Crippen LogP) is 4.67. The Kier molecular flexibility index (Phi) is 6.61. The lowest BCUT2D eigenvalue weighted by Gasteiger charge is -2.31. The van der Waals surface area contributed by atoms with Crippen LogP contribution in [-0.2, 0) is 4.79 Å². The number of carbonyl (C=O) groups is 2. The van der Waals surface area contributed by atoms with E-state index in [0.29, 0.717) is 42.3 Å². The standard InChI is InChI=1S/C27H26N4O5/c1-31(16-21-17-35-24-4-2-3-5-25(24)36-21)23-9-8-20(15-26(23)34-13-12-32)30-27(33)29-19-7-6-18-10-11-28-22(18)14-19/h2-12,14-15,21,28H,13,16-17H2,1H3,(H2,29,30,33). The number of nitrogens with one attached hydrogen (secondary N) is 3. The van der Waals surface area contributed by atoms with Crippen molar-refractivity contribution in [3.63, 3.8) is 0 Å². The van der Waals surface area contributed by atoms with E-state index in [2.05, 4.69) is 15.6 Å². The normalized spacial score (nSPS) is 14.2. The van der Waals surface area contributed by atoms with Crippen molar-refractivity contribution in [3.05, 3.63) is 72.9 Å². The van der Waals surface area contributed by atoms with Crippen LogP contribution in [0, 0.1) is 0 Å². The molecular formula is C27H26N4O5. The van der Waals surface area contributed by atoms with Crippen LogP contribution in [0.1, 0.15) is 0 Å². The van der Waals surface area contributed by atoms with Crippen LogP contribution in [0.2, 0.25) is 0 Å². The number of nitrogens with zero attached hydrogens (tertiary/aromatic N) is 1. The van der Waals surface area contributed by atoms with Crippen LogP contribution in [0.15, 0.2) is 72.9 Å². The zero-order chi connectivity index (χ0) is 24.9. The van der Waals surface area contributed by atoms with Gasteiger partial charge in [-0.1, -0.05) is 18.2 Å². The molecule has 3 N–H and O–H groups in total. The molecule has 0 saturated carbocycles. The summed E-state index contributed by atoms with van der Waals surface area (Å²) < 4.78 is 17.6. The van der Waals surface area contributed by atoms with Crippen LogP contribution in [0.25, 0.3) is 10.9 Å². The van der Waals surface area contributed by atoms with Crippen LogP contribution < -0.4 is 29.7 Å². The topological polar surface area (TPSA) is 105 Å². The minimum atomic E-state index is -0.394. The highest BCUT2D eigenvalue weighted by molar-refractivity contribution is 6.01.